The Labute approximate surface area is 487 Å². The monoisotopic (exact) mass is 1170 g/mol. The second-order valence-corrected chi connectivity index (χ2v) is 24.3. The molecule has 4 heterocycles. The van der Waals surface area contributed by atoms with Crippen LogP contribution in [-0.4, -0.2) is 196 Å². The molecule has 22 heteroatoms. The molecule has 0 unspecified atom stereocenters. The van der Waals surface area contributed by atoms with Gasteiger partial charge in [-0.1, -0.05) is 39.3 Å². The van der Waals surface area contributed by atoms with Crippen LogP contribution in [0.15, 0.2) is 42.5 Å². The number of hydrogen-bond acceptors (Lipinski definition) is 18. The number of benzene rings is 2. The van der Waals surface area contributed by atoms with Gasteiger partial charge in [0.05, 0.1) is 61.0 Å². The second-order valence-electron chi connectivity index (χ2n) is 23.8. The molecule has 82 heavy (non-hydrogen) atoms. The molecule has 0 spiro atoms. The topological polar surface area (TPSA) is 278 Å². The number of aliphatic hydroxyl groups excluding tert-OH is 2. The lowest BCUT2D eigenvalue weighted by molar-refractivity contribution is -0.336. The van der Waals surface area contributed by atoms with Crippen molar-refractivity contribution in [3.63, 3.8) is 0 Å². The molecule has 3 saturated heterocycles. The van der Waals surface area contributed by atoms with E-state index >= 15 is 0 Å². The van der Waals surface area contributed by atoms with Crippen molar-refractivity contribution >= 4 is 46.2 Å². The number of halogens is 1. The summed E-state index contributed by atoms with van der Waals surface area (Å²) in [6, 6.07) is 10.5. The van der Waals surface area contributed by atoms with Gasteiger partial charge in [0.2, 0.25) is 11.8 Å². The van der Waals surface area contributed by atoms with Gasteiger partial charge in [-0.25, -0.2) is 0 Å². The fourth-order valence-electron chi connectivity index (χ4n) is 12.4. The molecule has 6 rings (SSSR count). The van der Waals surface area contributed by atoms with Gasteiger partial charge in [-0.15, -0.1) is 0 Å². The van der Waals surface area contributed by atoms with Gasteiger partial charge in [0.25, 0.3) is 5.91 Å². The predicted octanol–water partition coefficient (Wildman–Crippen LogP) is 4.41. The highest BCUT2D eigenvalue weighted by Gasteiger charge is 2.58. The maximum atomic E-state index is 14.6. The summed E-state index contributed by atoms with van der Waals surface area (Å²) in [6.07, 6.45) is -10.2. The number of methoxy groups -OCH3 is 2. The van der Waals surface area contributed by atoms with E-state index in [0.29, 0.717) is 51.5 Å². The highest BCUT2D eigenvalue weighted by Crippen LogP contribution is 2.43. The van der Waals surface area contributed by atoms with Crippen molar-refractivity contribution < 1.29 is 77.9 Å². The second kappa shape index (κ2) is 27.4. The highest BCUT2D eigenvalue weighted by molar-refractivity contribution is 6.30. The van der Waals surface area contributed by atoms with Crippen LogP contribution in [0.3, 0.4) is 0 Å². The first-order chi connectivity index (χ1) is 38.4. The molecule has 0 aliphatic carbocycles. The standard InChI is InChI=1S/C60H92ClN5O16/c1-16-46-59(12,74)51(69)36(7)64-53(70)32(3)29-57(10,73)52(82-56-49(68)45(65(13)17-2)26-33(4)78-56)34(5)50(35(6)55(72)80-46)81-48-30-58(11,77-15)60(75,38(9)79-48)31-62-24-25-63-47(67)28-42-37(8)66(44-23-22-41(76-14)27-43(42)44)54(71)39-18-20-40(61)21-19-39/h18-23,27,32-36,38,45-46,48-52,56,62,68-69,73-75H,16-17,24-26,28-31H2,1-15H3,(H,63,67)(H,64,70)/t32-,33-,34+,35-,36-,38+,45+,46-,48+,49-,50+,51-,52-,56+,57-,58-,59-,60+/m1/s1. The molecule has 0 bridgehead atoms. The summed E-state index contributed by atoms with van der Waals surface area (Å²) in [6.45, 7) is 20.9. The number of amides is 2. The molecule has 3 aromatic rings. The van der Waals surface area contributed by atoms with Gasteiger partial charge >= 0.3 is 5.97 Å². The van der Waals surface area contributed by atoms with E-state index in [1.807, 2.05) is 25.8 Å². The third-order valence-electron chi connectivity index (χ3n) is 17.8. The molecule has 3 aliphatic heterocycles. The molecule has 21 nitrogen and oxygen atoms in total. The molecule has 2 aromatic carbocycles. The van der Waals surface area contributed by atoms with Crippen molar-refractivity contribution in [2.24, 2.45) is 17.8 Å². The summed E-state index contributed by atoms with van der Waals surface area (Å²) in [4.78, 5) is 58.0. The van der Waals surface area contributed by atoms with Crippen LogP contribution < -0.4 is 20.7 Å². The van der Waals surface area contributed by atoms with Gasteiger partial charge in [-0.2, -0.15) is 0 Å². The number of likely N-dealkylation sites (N-methyl/N-ethyl adjacent to an activating group) is 1. The van der Waals surface area contributed by atoms with E-state index in [2.05, 4.69) is 16.0 Å². The summed E-state index contributed by atoms with van der Waals surface area (Å²) in [5.74, 6) is -4.44. The summed E-state index contributed by atoms with van der Waals surface area (Å²) in [5.41, 5.74) is -4.74. The number of cyclic esters (lactones) is 1. The Morgan fingerprint density at radius 1 is 0.927 bits per heavy atom. The third-order valence-corrected chi connectivity index (χ3v) is 18.0. The molecule has 1 aromatic heterocycles. The number of esters is 1. The van der Waals surface area contributed by atoms with E-state index in [0.717, 1.165) is 0 Å². The van der Waals surface area contributed by atoms with Crippen molar-refractivity contribution in [2.75, 3.05) is 47.4 Å². The molecule has 3 fully saturated rings. The number of nitrogens with one attached hydrogen (secondary N) is 3. The zero-order valence-electron chi connectivity index (χ0n) is 50.5. The maximum absolute atomic E-state index is 14.6. The average Bonchev–Trinajstić information content (AvgIpc) is 3.80. The van der Waals surface area contributed by atoms with Crippen molar-refractivity contribution in [3.05, 3.63) is 64.3 Å². The molecule has 0 radical (unpaired) electrons. The van der Waals surface area contributed by atoms with E-state index < -0.39 is 107 Å². The van der Waals surface area contributed by atoms with E-state index in [4.69, 9.17) is 44.8 Å². The van der Waals surface area contributed by atoms with Gasteiger partial charge in [0.1, 0.15) is 40.9 Å². The minimum absolute atomic E-state index is 0.0417. The first kappa shape index (κ1) is 66.8. The van der Waals surface area contributed by atoms with E-state index in [1.54, 1.807) is 103 Å². The highest BCUT2D eigenvalue weighted by atomic mass is 35.5. The van der Waals surface area contributed by atoms with E-state index in [-0.39, 0.29) is 69.3 Å². The Morgan fingerprint density at radius 3 is 2.22 bits per heavy atom. The van der Waals surface area contributed by atoms with Crippen LogP contribution in [0, 0.1) is 24.7 Å². The summed E-state index contributed by atoms with van der Waals surface area (Å²) < 4.78 is 45.8. The number of ether oxygens (including phenoxy) is 7. The van der Waals surface area contributed by atoms with Gasteiger partial charge in [0, 0.05) is 72.7 Å². The zero-order chi connectivity index (χ0) is 61.0. The van der Waals surface area contributed by atoms with Gasteiger partial charge in [0.15, 0.2) is 12.6 Å². The fraction of sp³-hybridized carbons (Fsp3) is 0.700. The van der Waals surface area contributed by atoms with Crippen molar-refractivity contribution in [3.8, 4) is 5.75 Å². The molecular weight excluding hydrogens is 1080 g/mol. The molecular formula is C60H92ClN5O16. The van der Waals surface area contributed by atoms with Crippen molar-refractivity contribution in [1.82, 2.24) is 25.4 Å². The summed E-state index contributed by atoms with van der Waals surface area (Å²) in [7, 11) is 4.88. The Bertz CT molecular complexity index is 2670. The molecule has 0 saturated carbocycles. The van der Waals surface area contributed by atoms with Gasteiger partial charge in [-0.05, 0) is 136 Å². The average molecular weight is 1170 g/mol. The lowest BCUT2D eigenvalue weighted by atomic mass is 9.75. The van der Waals surface area contributed by atoms with E-state index in [1.165, 1.54) is 27.9 Å². The number of aliphatic hydroxyl groups is 5. The maximum Gasteiger partial charge on any atom is 0.311 e. The first-order valence-corrected chi connectivity index (χ1v) is 29.1. The lowest BCUT2D eigenvalue weighted by Gasteiger charge is -2.53. The third kappa shape index (κ3) is 14.3. The molecule has 3 aliphatic rings. The van der Waals surface area contributed by atoms with Gasteiger partial charge < -0.3 is 79.5 Å². The number of fused-ring (bicyclic) bond motifs is 1. The van der Waals surface area contributed by atoms with E-state index in [9.17, 15) is 44.7 Å². The molecule has 8 N–H and O–H groups in total. The number of hydrogen-bond donors (Lipinski definition) is 8. The van der Waals surface area contributed by atoms with Crippen LogP contribution in [0.4, 0.5) is 0 Å². The smallest absolute Gasteiger partial charge is 0.311 e. The number of carbonyl (C=O) groups is 4. The minimum Gasteiger partial charge on any atom is -0.497 e. The number of nitrogens with zero attached hydrogens (tertiary/aromatic N) is 2. The predicted molar refractivity (Wildman–Crippen MR) is 307 cm³/mol. The van der Waals surface area contributed by atoms with Gasteiger partial charge in [-0.3, -0.25) is 23.7 Å². The zero-order valence-corrected chi connectivity index (χ0v) is 51.2. The van der Waals surface area contributed by atoms with Crippen LogP contribution in [0.5, 0.6) is 5.75 Å². The van der Waals surface area contributed by atoms with Crippen molar-refractivity contribution in [1.29, 1.82) is 0 Å². The summed E-state index contributed by atoms with van der Waals surface area (Å²) >= 11 is 6.11. The van der Waals surface area contributed by atoms with Crippen LogP contribution in [-0.2, 0) is 49.2 Å². The van der Waals surface area contributed by atoms with Crippen LogP contribution in [0.1, 0.15) is 123 Å². The van der Waals surface area contributed by atoms with Crippen LogP contribution >= 0.6 is 11.6 Å². The van der Waals surface area contributed by atoms with Crippen LogP contribution in [0.2, 0.25) is 5.02 Å². The molecule has 18 atom stereocenters. The first-order valence-electron chi connectivity index (χ1n) is 28.8. The Balaban J connectivity index is 1.23. The Hall–Kier alpha value is -4.33. The lowest BCUT2D eigenvalue weighted by Crippen LogP contribution is -2.70. The quantitative estimate of drug-likeness (QED) is 0.0687. The SMILES string of the molecule is CC[C@H]1OC(=O)[C@H](C)[C@@H](O[C@H]2C[C@@](C)(OC)[C@](O)(CNCCNC(=O)Cc3c(C)n(C(=O)c4ccc(Cl)cc4)c4ccc(OC)cc34)[C@H](C)O2)[C@H](C)[C@@H](O[C@@H]2O[C@H](C)C[C@H](N(C)CC)[C@H]2O)[C@](C)(O)C[C@@H](C)C(=O)N[C@H](C)[C@@H](O)[C@]1(C)O. The number of rotatable bonds is 17. The molecule has 460 valence electrons. The number of carbonyl (C=O) groups excluding carboxylic acids is 4. The molecule has 2 amide bonds. The normalized spacial score (nSPS) is 36.3. The fourth-order valence-corrected chi connectivity index (χ4v) is 12.5. The van der Waals surface area contributed by atoms with Crippen molar-refractivity contribution in [2.45, 2.75) is 205 Å². The Morgan fingerprint density at radius 2 is 1.60 bits per heavy atom. The van der Waals surface area contributed by atoms with Crippen LogP contribution in [0.25, 0.3) is 10.9 Å². The summed E-state index contributed by atoms with van der Waals surface area (Å²) in [5, 5.41) is 70.7. The Kier molecular flexibility index (Phi) is 22.3. The largest absolute Gasteiger partial charge is 0.497 e. The minimum atomic E-state index is -2.04. The number of aromatic nitrogens is 1.